The lowest BCUT2D eigenvalue weighted by Crippen LogP contribution is -1.93. The van der Waals surface area contributed by atoms with Gasteiger partial charge in [0.05, 0.1) is 25.6 Å². The molecule has 0 aliphatic rings. The molecule has 0 N–H and O–H groups in total. The van der Waals surface area contributed by atoms with Crippen LogP contribution in [0.3, 0.4) is 0 Å². The molecule has 5 heteroatoms. The van der Waals surface area contributed by atoms with Crippen molar-refractivity contribution in [3.05, 3.63) is 28.9 Å². The molecule has 0 spiro atoms. The van der Waals surface area contributed by atoms with Crippen molar-refractivity contribution >= 4 is 34.1 Å². The molecule has 0 radical (unpaired) electrons. The standard InChI is InChI=1S/C12H11Cl2NO2/c1-16-8-4-10-9(11(5-8)17-2)3-7(6-13)12(14)15-10/h3-5H,6H2,1-2H3. The van der Waals surface area contributed by atoms with E-state index in [1.54, 1.807) is 20.3 Å². The van der Waals surface area contributed by atoms with E-state index in [0.717, 1.165) is 16.5 Å². The summed E-state index contributed by atoms with van der Waals surface area (Å²) in [6.07, 6.45) is 0. The Hall–Kier alpha value is -1.19. The molecule has 0 unspecified atom stereocenters. The van der Waals surface area contributed by atoms with Gasteiger partial charge < -0.3 is 9.47 Å². The monoisotopic (exact) mass is 271 g/mol. The van der Waals surface area contributed by atoms with Crippen LogP contribution in [0.5, 0.6) is 11.5 Å². The fourth-order valence-electron chi connectivity index (χ4n) is 1.62. The van der Waals surface area contributed by atoms with E-state index in [2.05, 4.69) is 4.98 Å². The first-order valence-corrected chi connectivity index (χ1v) is 5.88. The predicted molar refractivity (Wildman–Crippen MR) is 69.4 cm³/mol. The maximum Gasteiger partial charge on any atom is 0.134 e. The summed E-state index contributed by atoms with van der Waals surface area (Å²) in [5, 5.41) is 1.27. The number of halogens is 2. The van der Waals surface area contributed by atoms with Gasteiger partial charge in [-0.1, -0.05) is 11.6 Å². The van der Waals surface area contributed by atoms with Crippen molar-refractivity contribution in [1.82, 2.24) is 4.98 Å². The normalized spacial score (nSPS) is 10.6. The number of methoxy groups -OCH3 is 2. The van der Waals surface area contributed by atoms with Crippen LogP contribution in [0, 0.1) is 0 Å². The second-order valence-corrected chi connectivity index (χ2v) is 4.09. The van der Waals surface area contributed by atoms with E-state index in [1.165, 1.54) is 0 Å². The lowest BCUT2D eigenvalue weighted by Gasteiger charge is -2.10. The van der Waals surface area contributed by atoms with Crippen LogP contribution in [0.2, 0.25) is 5.15 Å². The summed E-state index contributed by atoms with van der Waals surface area (Å²) >= 11 is 11.8. The third-order valence-electron chi connectivity index (χ3n) is 2.50. The van der Waals surface area contributed by atoms with Gasteiger partial charge in [-0.2, -0.15) is 0 Å². The molecule has 0 fully saturated rings. The minimum absolute atomic E-state index is 0.316. The Bertz CT molecular complexity index is 558. The lowest BCUT2D eigenvalue weighted by molar-refractivity contribution is 0.398. The number of ether oxygens (including phenoxy) is 2. The SMILES string of the molecule is COc1cc(OC)c2cc(CCl)c(Cl)nc2c1. The van der Waals surface area contributed by atoms with Gasteiger partial charge in [0.15, 0.2) is 0 Å². The topological polar surface area (TPSA) is 31.4 Å². The van der Waals surface area contributed by atoms with E-state index >= 15 is 0 Å². The molecular formula is C12H11Cl2NO2. The summed E-state index contributed by atoms with van der Waals surface area (Å²) < 4.78 is 10.5. The fourth-order valence-corrected chi connectivity index (χ4v) is 2.10. The lowest BCUT2D eigenvalue weighted by atomic mass is 10.1. The molecular weight excluding hydrogens is 261 g/mol. The van der Waals surface area contributed by atoms with Gasteiger partial charge in [0.25, 0.3) is 0 Å². The van der Waals surface area contributed by atoms with Crippen LogP contribution in [0.1, 0.15) is 5.56 Å². The molecule has 0 atom stereocenters. The molecule has 2 aromatic rings. The van der Waals surface area contributed by atoms with Crippen molar-refractivity contribution in [2.75, 3.05) is 14.2 Å². The predicted octanol–water partition coefficient (Wildman–Crippen LogP) is 3.64. The molecule has 1 aromatic heterocycles. The maximum absolute atomic E-state index is 6.02. The smallest absolute Gasteiger partial charge is 0.134 e. The van der Waals surface area contributed by atoms with E-state index < -0.39 is 0 Å². The zero-order valence-corrected chi connectivity index (χ0v) is 11.0. The van der Waals surface area contributed by atoms with Crippen molar-refractivity contribution in [3.63, 3.8) is 0 Å². The van der Waals surface area contributed by atoms with Gasteiger partial charge in [-0.3, -0.25) is 0 Å². The first-order valence-electron chi connectivity index (χ1n) is 4.96. The second-order valence-electron chi connectivity index (χ2n) is 3.47. The number of alkyl halides is 1. The Morgan fingerprint density at radius 2 is 1.94 bits per heavy atom. The van der Waals surface area contributed by atoms with Crippen LogP contribution in [0.25, 0.3) is 10.9 Å². The molecule has 0 amide bonds. The molecule has 17 heavy (non-hydrogen) atoms. The highest BCUT2D eigenvalue weighted by Crippen LogP contribution is 2.32. The number of pyridine rings is 1. The highest BCUT2D eigenvalue weighted by atomic mass is 35.5. The summed E-state index contributed by atoms with van der Waals surface area (Å²) in [6.45, 7) is 0. The molecule has 1 aromatic carbocycles. The largest absolute Gasteiger partial charge is 0.497 e. The van der Waals surface area contributed by atoms with Gasteiger partial charge in [0.2, 0.25) is 0 Å². The molecule has 1 heterocycles. The fraction of sp³-hybridized carbons (Fsp3) is 0.250. The molecule has 3 nitrogen and oxygen atoms in total. The van der Waals surface area contributed by atoms with Crippen LogP contribution >= 0.6 is 23.2 Å². The molecule has 0 aliphatic heterocycles. The second kappa shape index (κ2) is 4.98. The molecule has 0 saturated carbocycles. The molecule has 0 aliphatic carbocycles. The van der Waals surface area contributed by atoms with Crippen LogP contribution in [-0.4, -0.2) is 19.2 Å². The zero-order valence-electron chi connectivity index (χ0n) is 9.46. The Kier molecular flexibility index (Phi) is 3.60. The maximum atomic E-state index is 6.02. The van der Waals surface area contributed by atoms with Crippen molar-refractivity contribution in [2.24, 2.45) is 0 Å². The van der Waals surface area contributed by atoms with Crippen molar-refractivity contribution in [3.8, 4) is 11.5 Å². The van der Waals surface area contributed by atoms with E-state index in [9.17, 15) is 0 Å². The molecule has 0 saturated heterocycles. The number of nitrogens with zero attached hydrogens (tertiary/aromatic N) is 1. The summed E-state index contributed by atoms with van der Waals surface area (Å²) in [4.78, 5) is 4.28. The van der Waals surface area contributed by atoms with E-state index in [-0.39, 0.29) is 0 Å². The Balaban J connectivity index is 2.75. The van der Waals surface area contributed by atoms with Gasteiger partial charge in [-0.05, 0) is 6.07 Å². The Morgan fingerprint density at radius 3 is 2.53 bits per heavy atom. The Morgan fingerprint density at radius 1 is 1.18 bits per heavy atom. The number of hydrogen-bond acceptors (Lipinski definition) is 3. The number of benzene rings is 1. The zero-order chi connectivity index (χ0) is 12.4. The van der Waals surface area contributed by atoms with Gasteiger partial charge in [-0.15, -0.1) is 11.6 Å². The quantitative estimate of drug-likeness (QED) is 0.631. The highest BCUT2D eigenvalue weighted by molar-refractivity contribution is 6.31. The summed E-state index contributed by atoms with van der Waals surface area (Å²) in [5.41, 5.74) is 1.50. The molecule has 90 valence electrons. The number of rotatable bonds is 3. The van der Waals surface area contributed by atoms with Crippen molar-refractivity contribution < 1.29 is 9.47 Å². The third-order valence-corrected chi connectivity index (χ3v) is 3.11. The van der Waals surface area contributed by atoms with Gasteiger partial charge in [-0.25, -0.2) is 4.98 Å². The average Bonchev–Trinajstić information content (AvgIpc) is 2.36. The number of fused-ring (bicyclic) bond motifs is 1. The first-order chi connectivity index (χ1) is 8.19. The van der Waals surface area contributed by atoms with E-state index in [1.807, 2.05) is 12.1 Å². The average molecular weight is 272 g/mol. The van der Waals surface area contributed by atoms with Gasteiger partial charge in [0, 0.05) is 23.1 Å². The van der Waals surface area contributed by atoms with Crippen LogP contribution < -0.4 is 9.47 Å². The minimum Gasteiger partial charge on any atom is -0.497 e. The highest BCUT2D eigenvalue weighted by Gasteiger charge is 2.10. The number of aromatic nitrogens is 1. The van der Waals surface area contributed by atoms with Crippen LogP contribution in [-0.2, 0) is 5.88 Å². The minimum atomic E-state index is 0.316. The third kappa shape index (κ3) is 2.26. The summed E-state index contributed by atoms with van der Waals surface area (Å²) in [7, 11) is 3.19. The van der Waals surface area contributed by atoms with E-state index in [0.29, 0.717) is 22.5 Å². The molecule has 2 rings (SSSR count). The first kappa shape index (κ1) is 12.3. The van der Waals surface area contributed by atoms with Crippen LogP contribution in [0.15, 0.2) is 18.2 Å². The summed E-state index contributed by atoms with van der Waals surface area (Å²) in [6, 6.07) is 5.49. The Labute approximate surface area is 109 Å². The van der Waals surface area contributed by atoms with Gasteiger partial charge >= 0.3 is 0 Å². The van der Waals surface area contributed by atoms with Crippen molar-refractivity contribution in [1.29, 1.82) is 0 Å². The van der Waals surface area contributed by atoms with Crippen molar-refractivity contribution in [2.45, 2.75) is 5.88 Å². The summed E-state index contributed by atoms with van der Waals surface area (Å²) in [5.74, 6) is 1.68. The van der Waals surface area contributed by atoms with Crippen LogP contribution in [0.4, 0.5) is 0 Å². The number of hydrogen-bond donors (Lipinski definition) is 0. The van der Waals surface area contributed by atoms with E-state index in [4.69, 9.17) is 32.7 Å². The van der Waals surface area contributed by atoms with Gasteiger partial charge in [0.1, 0.15) is 16.7 Å². The molecule has 0 bridgehead atoms.